The van der Waals surface area contributed by atoms with Crippen LogP contribution in [0, 0.1) is 5.41 Å². The predicted octanol–water partition coefficient (Wildman–Crippen LogP) is 4.01. The zero-order valence-corrected chi connectivity index (χ0v) is 13.7. The van der Waals surface area contributed by atoms with Crippen molar-refractivity contribution in [3.8, 4) is 11.5 Å². The second kappa shape index (κ2) is 7.53. The fourth-order valence-corrected chi connectivity index (χ4v) is 1.80. The van der Waals surface area contributed by atoms with Crippen molar-refractivity contribution >= 4 is 0 Å². The largest absolute Gasteiger partial charge is 0.493 e. The standard InChI is InChI=1S/C17H29NO2/c1-13(2)18-12-14-8-7-9-15(19-6)16(14)20-11-10-17(3,4)5/h7-9,13,18H,10-12H2,1-6H3. The molecule has 1 aromatic carbocycles. The molecule has 114 valence electrons. The summed E-state index contributed by atoms with van der Waals surface area (Å²) < 4.78 is 11.4. The maximum Gasteiger partial charge on any atom is 0.165 e. The maximum atomic E-state index is 6.00. The Hall–Kier alpha value is -1.22. The third-order valence-corrected chi connectivity index (χ3v) is 3.08. The average Bonchev–Trinajstić information content (AvgIpc) is 2.35. The van der Waals surface area contributed by atoms with E-state index in [2.05, 4.69) is 46.0 Å². The van der Waals surface area contributed by atoms with Crippen LogP contribution in [0.25, 0.3) is 0 Å². The summed E-state index contributed by atoms with van der Waals surface area (Å²) in [6, 6.07) is 6.49. The molecule has 1 N–H and O–H groups in total. The van der Waals surface area contributed by atoms with Gasteiger partial charge in [0.1, 0.15) is 0 Å². The van der Waals surface area contributed by atoms with Gasteiger partial charge in [-0.25, -0.2) is 0 Å². The van der Waals surface area contributed by atoms with Gasteiger partial charge in [0.25, 0.3) is 0 Å². The van der Waals surface area contributed by atoms with Crippen LogP contribution in [0.2, 0.25) is 0 Å². The third-order valence-electron chi connectivity index (χ3n) is 3.08. The predicted molar refractivity (Wildman–Crippen MR) is 84.5 cm³/mol. The van der Waals surface area contributed by atoms with E-state index in [9.17, 15) is 0 Å². The highest BCUT2D eigenvalue weighted by atomic mass is 16.5. The van der Waals surface area contributed by atoms with Crippen molar-refractivity contribution in [3.63, 3.8) is 0 Å². The highest BCUT2D eigenvalue weighted by Gasteiger charge is 2.14. The average molecular weight is 279 g/mol. The normalized spacial score (nSPS) is 11.8. The van der Waals surface area contributed by atoms with Gasteiger partial charge in [-0.05, 0) is 17.9 Å². The Morgan fingerprint density at radius 2 is 1.90 bits per heavy atom. The van der Waals surface area contributed by atoms with Crippen LogP contribution in [0.1, 0.15) is 46.6 Å². The minimum absolute atomic E-state index is 0.276. The first kappa shape index (κ1) is 16.8. The van der Waals surface area contributed by atoms with Gasteiger partial charge in [-0.1, -0.05) is 46.8 Å². The van der Waals surface area contributed by atoms with Crippen molar-refractivity contribution < 1.29 is 9.47 Å². The molecule has 20 heavy (non-hydrogen) atoms. The quantitative estimate of drug-likeness (QED) is 0.818. The van der Waals surface area contributed by atoms with E-state index in [-0.39, 0.29) is 5.41 Å². The molecule has 0 radical (unpaired) electrons. The molecule has 0 saturated carbocycles. The number of hydrogen-bond acceptors (Lipinski definition) is 3. The molecule has 0 fully saturated rings. The van der Waals surface area contributed by atoms with Crippen LogP contribution in [0.3, 0.4) is 0 Å². The lowest BCUT2D eigenvalue weighted by atomic mass is 9.93. The second-order valence-electron chi connectivity index (χ2n) is 6.64. The Labute approximate surface area is 123 Å². The molecule has 0 unspecified atom stereocenters. The number of nitrogens with one attached hydrogen (secondary N) is 1. The summed E-state index contributed by atoms with van der Waals surface area (Å²) in [5.74, 6) is 1.68. The Balaban J connectivity index is 2.78. The number of para-hydroxylation sites is 1. The number of rotatable bonds is 7. The first-order valence-corrected chi connectivity index (χ1v) is 7.35. The van der Waals surface area contributed by atoms with E-state index in [0.717, 1.165) is 30.0 Å². The van der Waals surface area contributed by atoms with Crippen molar-refractivity contribution in [2.24, 2.45) is 5.41 Å². The summed E-state index contributed by atoms with van der Waals surface area (Å²) in [6.45, 7) is 12.4. The van der Waals surface area contributed by atoms with Gasteiger partial charge in [0.15, 0.2) is 11.5 Å². The zero-order valence-electron chi connectivity index (χ0n) is 13.7. The minimum atomic E-state index is 0.276. The highest BCUT2D eigenvalue weighted by molar-refractivity contribution is 5.46. The molecule has 0 aliphatic carbocycles. The van der Waals surface area contributed by atoms with Gasteiger partial charge in [-0.15, -0.1) is 0 Å². The molecule has 0 atom stereocenters. The van der Waals surface area contributed by atoms with Crippen LogP contribution in [-0.4, -0.2) is 19.8 Å². The summed E-state index contributed by atoms with van der Waals surface area (Å²) in [5.41, 5.74) is 1.42. The zero-order chi connectivity index (χ0) is 15.2. The van der Waals surface area contributed by atoms with E-state index in [1.807, 2.05) is 12.1 Å². The molecule has 0 amide bonds. The fourth-order valence-electron chi connectivity index (χ4n) is 1.80. The van der Waals surface area contributed by atoms with Crippen LogP contribution < -0.4 is 14.8 Å². The van der Waals surface area contributed by atoms with Crippen molar-refractivity contribution in [3.05, 3.63) is 23.8 Å². The topological polar surface area (TPSA) is 30.5 Å². The van der Waals surface area contributed by atoms with Gasteiger partial charge < -0.3 is 14.8 Å². The molecule has 0 heterocycles. The van der Waals surface area contributed by atoms with Gasteiger partial charge in [0.2, 0.25) is 0 Å². The minimum Gasteiger partial charge on any atom is -0.493 e. The third kappa shape index (κ3) is 5.83. The highest BCUT2D eigenvalue weighted by Crippen LogP contribution is 2.32. The van der Waals surface area contributed by atoms with Gasteiger partial charge in [0, 0.05) is 18.2 Å². The first-order valence-electron chi connectivity index (χ1n) is 7.35. The molecule has 0 aliphatic rings. The van der Waals surface area contributed by atoms with Gasteiger partial charge >= 0.3 is 0 Å². The Morgan fingerprint density at radius 1 is 1.20 bits per heavy atom. The SMILES string of the molecule is COc1cccc(CNC(C)C)c1OCCC(C)(C)C. The van der Waals surface area contributed by atoms with Crippen LogP contribution in [0.15, 0.2) is 18.2 Å². The summed E-state index contributed by atoms with van der Waals surface area (Å²) in [6.07, 6.45) is 1.02. The number of methoxy groups -OCH3 is 1. The van der Waals surface area contributed by atoms with E-state index in [0.29, 0.717) is 12.6 Å². The maximum absolute atomic E-state index is 6.00. The summed E-state index contributed by atoms with van der Waals surface area (Å²) in [7, 11) is 1.69. The molecule has 0 saturated heterocycles. The van der Waals surface area contributed by atoms with E-state index >= 15 is 0 Å². The van der Waals surface area contributed by atoms with Crippen molar-refractivity contribution in [1.29, 1.82) is 0 Å². The van der Waals surface area contributed by atoms with Crippen molar-refractivity contribution in [2.45, 2.75) is 53.6 Å². The molecule has 1 rings (SSSR count). The lowest BCUT2D eigenvalue weighted by molar-refractivity contribution is 0.232. The summed E-state index contributed by atoms with van der Waals surface area (Å²) in [5, 5.41) is 3.42. The molecule has 3 heteroatoms. The van der Waals surface area contributed by atoms with Crippen LogP contribution in [0.5, 0.6) is 11.5 Å². The van der Waals surface area contributed by atoms with Gasteiger partial charge in [-0.2, -0.15) is 0 Å². The van der Waals surface area contributed by atoms with E-state index in [1.165, 1.54) is 0 Å². The number of ether oxygens (including phenoxy) is 2. The summed E-state index contributed by atoms with van der Waals surface area (Å²) >= 11 is 0. The Morgan fingerprint density at radius 3 is 2.45 bits per heavy atom. The molecule has 3 nitrogen and oxygen atoms in total. The summed E-state index contributed by atoms with van der Waals surface area (Å²) in [4.78, 5) is 0. The van der Waals surface area contributed by atoms with Crippen LogP contribution in [-0.2, 0) is 6.54 Å². The second-order valence-corrected chi connectivity index (χ2v) is 6.64. The van der Waals surface area contributed by atoms with Gasteiger partial charge in [-0.3, -0.25) is 0 Å². The first-order chi connectivity index (χ1) is 9.33. The molecular weight excluding hydrogens is 250 g/mol. The smallest absolute Gasteiger partial charge is 0.165 e. The van der Waals surface area contributed by atoms with E-state index in [1.54, 1.807) is 7.11 Å². The molecule has 1 aromatic rings. The molecule has 0 aliphatic heterocycles. The van der Waals surface area contributed by atoms with Crippen molar-refractivity contribution in [2.75, 3.05) is 13.7 Å². The lowest BCUT2D eigenvalue weighted by Gasteiger charge is -2.20. The fraction of sp³-hybridized carbons (Fsp3) is 0.647. The monoisotopic (exact) mass is 279 g/mol. The molecule has 0 aromatic heterocycles. The van der Waals surface area contributed by atoms with E-state index in [4.69, 9.17) is 9.47 Å². The Kier molecular flexibility index (Phi) is 6.34. The molecule has 0 spiro atoms. The Bertz CT molecular complexity index is 408. The van der Waals surface area contributed by atoms with Crippen LogP contribution in [0.4, 0.5) is 0 Å². The lowest BCUT2D eigenvalue weighted by Crippen LogP contribution is -2.22. The van der Waals surface area contributed by atoms with Crippen molar-refractivity contribution in [1.82, 2.24) is 5.32 Å². The number of hydrogen-bond donors (Lipinski definition) is 1. The molecule has 0 bridgehead atoms. The van der Waals surface area contributed by atoms with Gasteiger partial charge in [0.05, 0.1) is 13.7 Å². The number of benzene rings is 1. The van der Waals surface area contributed by atoms with E-state index < -0.39 is 0 Å². The van der Waals surface area contributed by atoms with Crippen LogP contribution >= 0.6 is 0 Å². The molecular formula is C17H29NO2.